The Kier molecular flexibility index (Phi) is 6.16. The van der Waals surface area contributed by atoms with Crippen molar-refractivity contribution in [2.24, 2.45) is 5.92 Å². The van der Waals surface area contributed by atoms with E-state index < -0.39 is 23.5 Å². The van der Waals surface area contributed by atoms with Crippen LogP contribution in [0.3, 0.4) is 0 Å². The minimum atomic E-state index is -1.07. The Balaban J connectivity index is 5.05. The van der Waals surface area contributed by atoms with Crippen molar-refractivity contribution in [3.63, 3.8) is 0 Å². The molecule has 0 amide bonds. The number of methoxy groups -OCH3 is 1. The summed E-state index contributed by atoms with van der Waals surface area (Å²) in [5, 5.41) is 12.2. The quantitative estimate of drug-likeness (QED) is 0.663. The SMILES string of the molecule is CCC(CC)(NC(C(=O)OC)C(C)C)C(=O)O. The van der Waals surface area contributed by atoms with E-state index in [1.165, 1.54) is 7.11 Å². The molecule has 1 unspecified atom stereocenters. The van der Waals surface area contributed by atoms with Crippen molar-refractivity contribution in [2.45, 2.75) is 52.1 Å². The normalized spacial score (nSPS) is 13.5. The highest BCUT2D eigenvalue weighted by Gasteiger charge is 2.39. The molecule has 0 radical (unpaired) electrons. The van der Waals surface area contributed by atoms with Crippen LogP contribution in [0.15, 0.2) is 0 Å². The molecule has 0 rings (SSSR count). The standard InChI is InChI=1S/C12H23NO4/c1-6-12(7-2,11(15)16)13-9(8(3)4)10(14)17-5/h8-9,13H,6-7H2,1-5H3,(H,15,16). The first-order valence-electron chi connectivity index (χ1n) is 5.93. The van der Waals surface area contributed by atoms with E-state index in [4.69, 9.17) is 4.74 Å². The summed E-state index contributed by atoms with van der Waals surface area (Å²) in [6, 6.07) is -0.601. The molecule has 0 aromatic rings. The van der Waals surface area contributed by atoms with Crippen molar-refractivity contribution in [3.8, 4) is 0 Å². The minimum Gasteiger partial charge on any atom is -0.480 e. The van der Waals surface area contributed by atoms with Crippen LogP contribution in [0.2, 0.25) is 0 Å². The minimum absolute atomic E-state index is 0.0284. The number of rotatable bonds is 7. The smallest absolute Gasteiger partial charge is 0.323 e. The van der Waals surface area contributed by atoms with Gasteiger partial charge in [0.2, 0.25) is 0 Å². The van der Waals surface area contributed by atoms with Gasteiger partial charge in [-0.2, -0.15) is 0 Å². The first-order valence-corrected chi connectivity index (χ1v) is 5.93. The number of hydrogen-bond acceptors (Lipinski definition) is 4. The van der Waals surface area contributed by atoms with Gasteiger partial charge in [-0.25, -0.2) is 0 Å². The summed E-state index contributed by atoms with van der Waals surface area (Å²) in [6.45, 7) is 7.29. The van der Waals surface area contributed by atoms with Crippen molar-refractivity contribution < 1.29 is 19.4 Å². The maximum Gasteiger partial charge on any atom is 0.323 e. The third-order valence-corrected chi connectivity index (χ3v) is 3.17. The molecule has 0 fully saturated rings. The first-order chi connectivity index (χ1) is 7.84. The lowest BCUT2D eigenvalue weighted by atomic mass is 9.90. The molecule has 0 aromatic heterocycles. The molecule has 0 aliphatic rings. The van der Waals surface area contributed by atoms with Crippen LogP contribution < -0.4 is 5.32 Å². The van der Waals surface area contributed by atoms with Crippen molar-refractivity contribution in [2.75, 3.05) is 7.11 Å². The Hall–Kier alpha value is -1.10. The fourth-order valence-corrected chi connectivity index (χ4v) is 1.74. The van der Waals surface area contributed by atoms with Crippen LogP contribution in [-0.4, -0.2) is 35.7 Å². The maximum atomic E-state index is 11.6. The van der Waals surface area contributed by atoms with E-state index in [0.29, 0.717) is 12.8 Å². The second-order valence-electron chi connectivity index (χ2n) is 4.48. The molecular weight excluding hydrogens is 222 g/mol. The molecule has 5 nitrogen and oxygen atoms in total. The maximum absolute atomic E-state index is 11.6. The zero-order chi connectivity index (χ0) is 13.6. The molecule has 0 saturated heterocycles. The van der Waals surface area contributed by atoms with Crippen LogP contribution in [-0.2, 0) is 14.3 Å². The van der Waals surface area contributed by atoms with E-state index in [2.05, 4.69) is 5.32 Å². The number of ether oxygens (including phenoxy) is 1. The lowest BCUT2D eigenvalue weighted by Gasteiger charge is -2.33. The molecule has 0 saturated carbocycles. The summed E-state index contributed by atoms with van der Waals surface area (Å²) in [5.41, 5.74) is -1.07. The number of carboxylic acid groups (broad SMARTS) is 1. The molecule has 17 heavy (non-hydrogen) atoms. The zero-order valence-electron chi connectivity index (χ0n) is 11.2. The molecule has 1 atom stereocenters. The van der Waals surface area contributed by atoms with Gasteiger partial charge >= 0.3 is 11.9 Å². The molecule has 0 heterocycles. The average molecular weight is 245 g/mol. The fraction of sp³-hybridized carbons (Fsp3) is 0.833. The largest absolute Gasteiger partial charge is 0.480 e. The molecule has 2 N–H and O–H groups in total. The van der Waals surface area contributed by atoms with Gasteiger partial charge in [0.15, 0.2) is 0 Å². The van der Waals surface area contributed by atoms with E-state index in [0.717, 1.165) is 0 Å². The van der Waals surface area contributed by atoms with Gasteiger partial charge in [0.25, 0.3) is 0 Å². The van der Waals surface area contributed by atoms with Gasteiger partial charge in [0.05, 0.1) is 7.11 Å². The van der Waals surface area contributed by atoms with Gasteiger partial charge < -0.3 is 9.84 Å². The molecular formula is C12H23NO4. The highest BCUT2D eigenvalue weighted by Crippen LogP contribution is 2.19. The highest BCUT2D eigenvalue weighted by atomic mass is 16.5. The second kappa shape index (κ2) is 6.59. The van der Waals surface area contributed by atoms with Crippen molar-refractivity contribution in [1.29, 1.82) is 0 Å². The highest BCUT2D eigenvalue weighted by molar-refractivity contribution is 5.81. The van der Waals surface area contributed by atoms with E-state index in [-0.39, 0.29) is 5.92 Å². The topological polar surface area (TPSA) is 75.6 Å². The van der Waals surface area contributed by atoms with Gasteiger partial charge in [-0.05, 0) is 18.8 Å². The predicted molar refractivity (Wildman–Crippen MR) is 64.7 cm³/mol. The monoisotopic (exact) mass is 245 g/mol. The lowest BCUT2D eigenvalue weighted by Crippen LogP contribution is -2.59. The summed E-state index contributed by atoms with van der Waals surface area (Å²) in [7, 11) is 1.31. The number of esters is 1. The lowest BCUT2D eigenvalue weighted by molar-refractivity contribution is -0.150. The molecule has 5 heteroatoms. The van der Waals surface area contributed by atoms with Crippen LogP contribution in [0.4, 0.5) is 0 Å². The third kappa shape index (κ3) is 3.70. The van der Waals surface area contributed by atoms with Gasteiger partial charge in [-0.3, -0.25) is 14.9 Å². The first kappa shape index (κ1) is 15.9. The number of hydrogen-bond donors (Lipinski definition) is 2. The van der Waals surface area contributed by atoms with Crippen molar-refractivity contribution in [1.82, 2.24) is 5.32 Å². The molecule has 0 spiro atoms. The van der Waals surface area contributed by atoms with Crippen LogP contribution in [0.25, 0.3) is 0 Å². The van der Waals surface area contributed by atoms with Gasteiger partial charge in [0, 0.05) is 0 Å². The van der Waals surface area contributed by atoms with Gasteiger partial charge in [0.1, 0.15) is 11.6 Å². The van der Waals surface area contributed by atoms with Crippen molar-refractivity contribution >= 4 is 11.9 Å². The Labute approximate surface area is 103 Å². The van der Waals surface area contributed by atoms with Gasteiger partial charge in [-0.15, -0.1) is 0 Å². The molecule has 100 valence electrons. The second-order valence-corrected chi connectivity index (χ2v) is 4.48. The Morgan fingerprint density at radius 1 is 1.29 bits per heavy atom. The van der Waals surface area contributed by atoms with E-state index >= 15 is 0 Å². The summed E-state index contributed by atoms with van der Waals surface area (Å²) >= 11 is 0. The van der Waals surface area contributed by atoms with Crippen molar-refractivity contribution in [3.05, 3.63) is 0 Å². The number of nitrogens with one attached hydrogen (secondary N) is 1. The Morgan fingerprint density at radius 3 is 2.00 bits per heavy atom. The summed E-state index contributed by atoms with van der Waals surface area (Å²) < 4.78 is 4.69. The van der Waals surface area contributed by atoms with Crippen LogP contribution in [0.5, 0.6) is 0 Å². The van der Waals surface area contributed by atoms with Gasteiger partial charge in [-0.1, -0.05) is 27.7 Å². The Bertz CT molecular complexity index is 272. The van der Waals surface area contributed by atoms with E-state index in [1.807, 2.05) is 13.8 Å². The number of carbonyl (C=O) groups excluding carboxylic acids is 1. The number of carboxylic acids is 1. The third-order valence-electron chi connectivity index (χ3n) is 3.17. The predicted octanol–water partition coefficient (Wildman–Crippen LogP) is 1.42. The average Bonchev–Trinajstić information content (AvgIpc) is 2.29. The van der Waals surface area contributed by atoms with Crippen LogP contribution in [0, 0.1) is 5.92 Å². The summed E-state index contributed by atoms with van der Waals surface area (Å²) in [4.78, 5) is 22.9. The molecule has 0 bridgehead atoms. The summed E-state index contributed by atoms with van der Waals surface area (Å²) in [6.07, 6.45) is 0.831. The number of carbonyl (C=O) groups is 2. The van der Waals surface area contributed by atoms with Crippen LogP contribution in [0.1, 0.15) is 40.5 Å². The Morgan fingerprint density at radius 2 is 1.76 bits per heavy atom. The van der Waals surface area contributed by atoms with Crippen LogP contribution >= 0.6 is 0 Å². The fourth-order valence-electron chi connectivity index (χ4n) is 1.74. The molecule has 0 aromatic carbocycles. The number of aliphatic carboxylic acids is 1. The van der Waals surface area contributed by atoms with E-state index in [1.54, 1.807) is 13.8 Å². The zero-order valence-corrected chi connectivity index (χ0v) is 11.2. The van der Waals surface area contributed by atoms with E-state index in [9.17, 15) is 14.7 Å². The molecule has 0 aliphatic heterocycles. The summed E-state index contributed by atoms with van der Waals surface area (Å²) in [5.74, 6) is -1.39. The molecule has 0 aliphatic carbocycles.